The highest BCUT2D eigenvalue weighted by Gasteiger charge is 2.44. The molecule has 36 heavy (non-hydrogen) atoms. The topological polar surface area (TPSA) is 152 Å². The number of aromatic nitrogens is 4. The molecule has 3 aromatic rings. The molecule has 1 saturated carbocycles. The standard InChI is InChI=1S/C26H34N6O4/c27-23-20-24(32(15-29-20)25-22(35)21(34)19(14-33)36-25)31-26(30-23)28-13-12-18-10-8-17(9-11-18)7-6-16-4-2-1-3-5-16/h6-11,15-16,19,21-22,25,33-35H,1-5,12-14H2,(H3,27,28,30,31)/t19-,21-,22-,25-/m1/s1. The number of nitrogen functional groups attached to an aromatic ring is 1. The minimum absolute atomic E-state index is 0.196. The number of rotatable bonds is 8. The van der Waals surface area contributed by atoms with Gasteiger partial charge >= 0.3 is 0 Å². The van der Waals surface area contributed by atoms with E-state index in [1.165, 1.54) is 54.1 Å². The number of hydrogen-bond acceptors (Lipinski definition) is 9. The van der Waals surface area contributed by atoms with Crippen LogP contribution < -0.4 is 11.1 Å². The highest BCUT2D eigenvalue weighted by molar-refractivity contribution is 5.83. The van der Waals surface area contributed by atoms with E-state index in [0.29, 0.717) is 29.6 Å². The number of aliphatic hydroxyl groups excluding tert-OH is 3. The van der Waals surface area contributed by atoms with Crippen molar-refractivity contribution in [2.24, 2.45) is 5.92 Å². The quantitative estimate of drug-likeness (QED) is 0.317. The number of ether oxygens (including phenoxy) is 1. The van der Waals surface area contributed by atoms with Crippen LogP contribution in [0.2, 0.25) is 0 Å². The van der Waals surface area contributed by atoms with Gasteiger partial charge in [-0.1, -0.05) is 55.7 Å². The number of hydrogen-bond donors (Lipinski definition) is 5. The average Bonchev–Trinajstić information content (AvgIpc) is 3.45. The predicted molar refractivity (Wildman–Crippen MR) is 137 cm³/mol. The second-order valence-electron chi connectivity index (χ2n) is 9.66. The largest absolute Gasteiger partial charge is 0.394 e. The molecule has 3 heterocycles. The van der Waals surface area contributed by atoms with Crippen molar-refractivity contribution in [2.75, 3.05) is 24.2 Å². The SMILES string of the molecule is Nc1nc(NCCc2ccc(C=CC3CCCCC3)cc2)nc2c1ncn2[C@@H]1O[C@H](CO)[C@@H](O)[C@H]1O. The van der Waals surface area contributed by atoms with E-state index >= 15 is 0 Å². The molecule has 0 unspecified atom stereocenters. The Morgan fingerprint density at radius 3 is 2.58 bits per heavy atom. The molecule has 2 aromatic heterocycles. The van der Waals surface area contributed by atoms with Gasteiger partial charge in [-0.15, -0.1) is 0 Å². The monoisotopic (exact) mass is 494 g/mol. The second kappa shape index (κ2) is 10.9. The lowest BCUT2D eigenvalue weighted by Gasteiger charge is -2.17. The fraction of sp³-hybridized carbons (Fsp3) is 0.500. The van der Waals surface area contributed by atoms with E-state index in [1.54, 1.807) is 0 Å². The summed E-state index contributed by atoms with van der Waals surface area (Å²) in [5.74, 6) is 1.25. The van der Waals surface area contributed by atoms with Crippen LogP contribution in [0.1, 0.15) is 49.5 Å². The normalized spacial score (nSPS) is 25.2. The van der Waals surface area contributed by atoms with Crippen molar-refractivity contribution in [3.8, 4) is 0 Å². The number of fused-ring (bicyclic) bond motifs is 1. The van der Waals surface area contributed by atoms with Crippen molar-refractivity contribution in [2.45, 2.75) is 63.1 Å². The number of nitrogens with two attached hydrogens (primary N) is 1. The van der Waals surface area contributed by atoms with Crippen LogP contribution in [0, 0.1) is 5.92 Å². The summed E-state index contributed by atoms with van der Waals surface area (Å²) in [5.41, 5.74) is 9.26. The highest BCUT2D eigenvalue weighted by Crippen LogP contribution is 2.32. The fourth-order valence-corrected chi connectivity index (χ4v) is 5.00. The van der Waals surface area contributed by atoms with E-state index < -0.39 is 31.1 Å². The third kappa shape index (κ3) is 5.22. The third-order valence-electron chi connectivity index (χ3n) is 7.13. The van der Waals surface area contributed by atoms with Crippen molar-refractivity contribution >= 4 is 29.0 Å². The summed E-state index contributed by atoms with van der Waals surface area (Å²) in [6, 6.07) is 8.57. The maximum absolute atomic E-state index is 10.4. The number of anilines is 2. The Kier molecular flexibility index (Phi) is 7.47. The molecule has 4 atom stereocenters. The van der Waals surface area contributed by atoms with E-state index in [2.05, 4.69) is 56.7 Å². The molecule has 6 N–H and O–H groups in total. The molecule has 10 heteroatoms. The zero-order chi connectivity index (χ0) is 25.1. The molecule has 192 valence electrons. The van der Waals surface area contributed by atoms with Crippen LogP contribution in [-0.4, -0.2) is 66.3 Å². The summed E-state index contributed by atoms with van der Waals surface area (Å²) in [6.45, 7) is 0.188. The molecule has 0 spiro atoms. The van der Waals surface area contributed by atoms with Crippen LogP contribution in [-0.2, 0) is 11.2 Å². The zero-order valence-corrected chi connectivity index (χ0v) is 20.2. The summed E-state index contributed by atoms with van der Waals surface area (Å²) in [4.78, 5) is 13.1. The van der Waals surface area contributed by atoms with Gasteiger partial charge in [0.1, 0.15) is 23.8 Å². The maximum atomic E-state index is 10.4. The van der Waals surface area contributed by atoms with Crippen LogP contribution in [0.5, 0.6) is 0 Å². The molecule has 2 aliphatic rings. The lowest BCUT2D eigenvalue weighted by atomic mass is 9.89. The average molecular weight is 495 g/mol. The Bertz CT molecular complexity index is 1190. The Balaban J connectivity index is 1.22. The molecule has 0 radical (unpaired) electrons. The van der Waals surface area contributed by atoms with Crippen LogP contribution >= 0.6 is 0 Å². The van der Waals surface area contributed by atoms with Gasteiger partial charge in [-0.05, 0) is 36.3 Å². The van der Waals surface area contributed by atoms with Crippen molar-refractivity contribution < 1.29 is 20.1 Å². The van der Waals surface area contributed by atoms with Gasteiger partial charge in [0, 0.05) is 6.54 Å². The van der Waals surface area contributed by atoms with Crippen LogP contribution in [0.3, 0.4) is 0 Å². The van der Waals surface area contributed by atoms with Gasteiger partial charge in [0.25, 0.3) is 0 Å². The smallest absolute Gasteiger partial charge is 0.226 e. The van der Waals surface area contributed by atoms with E-state index in [-0.39, 0.29) is 5.82 Å². The number of aliphatic hydroxyl groups is 3. The molecular weight excluding hydrogens is 460 g/mol. The lowest BCUT2D eigenvalue weighted by molar-refractivity contribution is -0.0511. The van der Waals surface area contributed by atoms with Crippen molar-refractivity contribution in [1.29, 1.82) is 0 Å². The van der Waals surface area contributed by atoms with Gasteiger partial charge in [-0.25, -0.2) is 4.98 Å². The number of nitrogens with zero attached hydrogens (tertiary/aromatic N) is 4. The highest BCUT2D eigenvalue weighted by atomic mass is 16.6. The van der Waals surface area contributed by atoms with Crippen LogP contribution in [0.25, 0.3) is 17.2 Å². The van der Waals surface area contributed by atoms with E-state index in [4.69, 9.17) is 10.5 Å². The lowest BCUT2D eigenvalue weighted by Crippen LogP contribution is -2.33. The predicted octanol–water partition coefficient (Wildman–Crippen LogP) is 2.27. The first-order valence-corrected chi connectivity index (χ1v) is 12.7. The molecule has 2 fully saturated rings. The molecule has 1 aromatic carbocycles. The molecule has 10 nitrogen and oxygen atoms in total. The van der Waals surface area contributed by atoms with E-state index in [1.807, 2.05) is 0 Å². The summed E-state index contributed by atoms with van der Waals surface area (Å²) in [6.07, 6.45) is 9.17. The van der Waals surface area contributed by atoms with Gasteiger partial charge in [-0.2, -0.15) is 9.97 Å². The number of imidazole rings is 1. The first kappa shape index (κ1) is 24.6. The summed E-state index contributed by atoms with van der Waals surface area (Å²) in [5, 5.41) is 33.1. The minimum atomic E-state index is -1.24. The summed E-state index contributed by atoms with van der Waals surface area (Å²) < 4.78 is 7.12. The Morgan fingerprint density at radius 1 is 1.08 bits per heavy atom. The van der Waals surface area contributed by atoms with Crippen molar-refractivity contribution in [1.82, 2.24) is 19.5 Å². The van der Waals surface area contributed by atoms with Gasteiger partial charge in [0.15, 0.2) is 17.7 Å². The Hall–Kier alpha value is -3.05. The molecular formula is C26H34N6O4. The van der Waals surface area contributed by atoms with E-state index in [9.17, 15) is 15.3 Å². The Morgan fingerprint density at radius 2 is 1.86 bits per heavy atom. The Labute approximate surface area is 209 Å². The molecule has 1 saturated heterocycles. The maximum Gasteiger partial charge on any atom is 0.226 e. The van der Waals surface area contributed by atoms with Gasteiger partial charge in [0.05, 0.1) is 12.9 Å². The van der Waals surface area contributed by atoms with Crippen LogP contribution in [0.4, 0.5) is 11.8 Å². The third-order valence-corrected chi connectivity index (χ3v) is 7.13. The number of benzene rings is 1. The van der Waals surface area contributed by atoms with Gasteiger partial charge in [0.2, 0.25) is 5.95 Å². The molecule has 1 aliphatic carbocycles. The summed E-state index contributed by atoms with van der Waals surface area (Å²) in [7, 11) is 0. The van der Waals surface area contributed by atoms with Crippen molar-refractivity contribution in [3.63, 3.8) is 0 Å². The number of nitrogens with one attached hydrogen (secondary N) is 1. The fourth-order valence-electron chi connectivity index (χ4n) is 5.00. The molecule has 0 amide bonds. The van der Waals surface area contributed by atoms with Gasteiger partial charge < -0.3 is 31.1 Å². The van der Waals surface area contributed by atoms with Gasteiger partial charge in [-0.3, -0.25) is 4.57 Å². The van der Waals surface area contributed by atoms with Crippen LogP contribution in [0.15, 0.2) is 36.7 Å². The second-order valence-corrected chi connectivity index (χ2v) is 9.66. The zero-order valence-electron chi connectivity index (χ0n) is 20.2. The molecule has 5 rings (SSSR count). The first-order valence-electron chi connectivity index (χ1n) is 12.7. The minimum Gasteiger partial charge on any atom is -0.394 e. The molecule has 1 aliphatic heterocycles. The summed E-state index contributed by atoms with van der Waals surface area (Å²) >= 11 is 0. The van der Waals surface area contributed by atoms with Crippen molar-refractivity contribution in [3.05, 3.63) is 47.8 Å². The molecule has 0 bridgehead atoms. The van der Waals surface area contributed by atoms with E-state index in [0.717, 1.165) is 6.42 Å². The number of allylic oxidation sites excluding steroid dienone is 1. The first-order chi connectivity index (χ1) is 17.5.